The Morgan fingerprint density at radius 1 is 1.32 bits per heavy atom. The third kappa shape index (κ3) is 4.56. The minimum absolute atomic E-state index is 0.208. The molecular weight excluding hydrogens is 243 g/mol. The van der Waals surface area contributed by atoms with Crippen LogP contribution in [0.1, 0.15) is 30.4 Å². The van der Waals surface area contributed by atoms with Gasteiger partial charge < -0.3 is 10.5 Å². The number of ether oxygens (including phenoxy) is 1. The predicted molar refractivity (Wildman–Crippen MR) is 74.2 cm³/mol. The van der Waals surface area contributed by atoms with Crippen molar-refractivity contribution in [2.75, 3.05) is 20.2 Å². The Balaban J connectivity index is 1.90. The number of hydrogen-bond acceptors (Lipinski definition) is 3. The summed E-state index contributed by atoms with van der Waals surface area (Å²) in [7, 11) is 2.05. The highest BCUT2D eigenvalue weighted by molar-refractivity contribution is 5.24. The number of rotatable bonds is 5. The predicted octanol–water partition coefficient (Wildman–Crippen LogP) is 2.29. The van der Waals surface area contributed by atoms with Crippen LogP contribution in [-0.2, 0) is 17.8 Å². The highest BCUT2D eigenvalue weighted by Gasteiger charge is 2.16. The van der Waals surface area contributed by atoms with E-state index < -0.39 is 0 Å². The van der Waals surface area contributed by atoms with Crippen LogP contribution in [0.2, 0.25) is 0 Å². The first kappa shape index (κ1) is 14.4. The summed E-state index contributed by atoms with van der Waals surface area (Å²) in [5.74, 6) is -0.208. The Kier molecular flexibility index (Phi) is 5.31. The molecule has 19 heavy (non-hydrogen) atoms. The van der Waals surface area contributed by atoms with E-state index in [0.29, 0.717) is 12.6 Å². The molecule has 0 radical (unpaired) electrons. The Hall–Kier alpha value is -0.970. The lowest BCUT2D eigenvalue weighted by molar-refractivity contribution is -0.00260. The van der Waals surface area contributed by atoms with Gasteiger partial charge in [0.25, 0.3) is 0 Å². The summed E-state index contributed by atoms with van der Waals surface area (Å²) in [5.41, 5.74) is 7.38. The zero-order valence-electron chi connectivity index (χ0n) is 11.6. The van der Waals surface area contributed by atoms with Crippen molar-refractivity contribution in [2.45, 2.75) is 38.5 Å². The van der Waals surface area contributed by atoms with Crippen molar-refractivity contribution in [3.8, 4) is 0 Å². The average Bonchev–Trinajstić information content (AvgIpc) is 2.38. The molecule has 1 aromatic carbocycles. The lowest BCUT2D eigenvalue weighted by atomic mass is 10.1. The third-order valence-corrected chi connectivity index (χ3v) is 3.49. The monoisotopic (exact) mass is 266 g/mol. The third-order valence-electron chi connectivity index (χ3n) is 3.49. The number of likely N-dealkylation sites (N-methyl/N-ethyl adjacent to an activating group) is 1. The van der Waals surface area contributed by atoms with E-state index in [2.05, 4.69) is 4.90 Å². The fourth-order valence-electron chi connectivity index (χ4n) is 2.60. The molecule has 106 valence electrons. The molecule has 0 bridgehead atoms. The van der Waals surface area contributed by atoms with Crippen LogP contribution >= 0.6 is 0 Å². The van der Waals surface area contributed by atoms with Gasteiger partial charge >= 0.3 is 0 Å². The van der Waals surface area contributed by atoms with Gasteiger partial charge in [0.15, 0.2) is 0 Å². The largest absolute Gasteiger partial charge is 0.377 e. The number of nitrogens with two attached hydrogens (primary N) is 1. The standard InChI is InChI=1S/C15H23FN2O/c1-18(11-15-4-2-3-5-19-15)10-13-6-12(9-17)7-14(16)8-13/h6-8,15H,2-5,9-11,17H2,1H3. The molecule has 4 heteroatoms. The zero-order valence-corrected chi connectivity index (χ0v) is 11.6. The molecule has 0 spiro atoms. The number of benzene rings is 1. The van der Waals surface area contributed by atoms with Crippen molar-refractivity contribution in [1.82, 2.24) is 4.90 Å². The first-order valence-electron chi connectivity index (χ1n) is 6.96. The van der Waals surface area contributed by atoms with Crippen LogP contribution in [0.5, 0.6) is 0 Å². The Bertz CT molecular complexity index is 405. The van der Waals surface area contributed by atoms with Gasteiger partial charge in [0.1, 0.15) is 5.82 Å². The van der Waals surface area contributed by atoms with Crippen molar-refractivity contribution in [1.29, 1.82) is 0 Å². The number of nitrogens with zero attached hydrogens (tertiary/aromatic N) is 1. The quantitative estimate of drug-likeness (QED) is 0.888. The van der Waals surface area contributed by atoms with Gasteiger partial charge in [-0.15, -0.1) is 0 Å². The minimum atomic E-state index is -0.208. The van der Waals surface area contributed by atoms with Crippen LogP contribution < -0.4 is 5.73 Å². The minimum Gasteiger partial charge on any atom is -0.377 e. The maximum atomic E-state index is 13.4. The van der Waals surface area contributed by atoms with E-state index in [9.17, 15) is 4.39 Å². The van der Waals surface area contributed by atoms with Crippen LogP contribution in [0.25, 0.3) is 0 Å². The van der Waals surface area contributed by atoms with Gasteiger partial charge in [-0.25, -0.2) is 4.39 Å². The molecule has 0 aromatic heterocycles. The molecule has 1 heterocycles. The molecule has 0 saturated carbocycles. The van der Waals surface area contributed by atoms with Gasteiger partial charge in [-0.05, 0) is 49.6 Å². The zero-order chi connectivity index (χ0) is 13.7. The molecule has 0 amide bonds. The summed E-state index contributed by atoms with van der Waals surface area (Å²) in [5, 5.41) is 0. The van der Waals surface area contributed by atoms with E-state index >= 15 is 0 Å². The van der Waals surface area contributed by atoms with Crippen molar-refractivity contribution in [3.05, 3.63) is 35.1 Å². The van der Waals surface area contributed by atoms with Gasteiger partial charge in [0, 0.05) is 26.2 Å². The van der Waals surface area contributed by atoms with Crippen molar-refractivity contribution >= 4 is 0 Å². The summed E-state index contributed by atoms with van der Waals surface area (Å²) in [6.07, 6.45) is 3.86. The van der Waals surface area contributed by atoms with E-state index in [0.717, 1.165) is 37.2 Å². The summed E-state index contributed by atoms with van der Waals surface area (Å²) < 4.78 is 19.1. The van der Waals surface area contributed by atoms with Crippen LogP contribution in [0.15, 0.2) is 18.2 Å². The first-order valence-corrected chi connectivity index (χ1v) is 6.96. The highest BCUT2D eigenvalue weighted by atomic mass is 19.1. The molecule has 0 aliphatic carbocycles. The van der Waals surface area contributed by atoms with E-state index in [1.54, 1.807) is 6.07 Å². The van der Waals surface area contributed by atoms with Gasteiger partial charge in [-0.1, -0.05) is 6.07 Å². The summed E-state index contributed by atoms with van der Waals surface area (Å²) in [4.78, 5) is 2.19. The van der Waals surface area contributed by atoms with Gasteiger partial charge in [0.05, 0.1) is 6.10 Å². The van der Waals surface area contributed by atoms with Gasteiger partial charge in [-0.3, -0.25) is 4.90 Å². The van der Waals surface area contributed by atoms with Crippen LogP contribution in [0.4, 0.5) is 4.39 Å². The van der Waals surface area contributed by atoms with E-state index in [1.807, 2.05) is 13.1 Å². The fourth-order valence-corrected chi connectivity index (χ4v) is 2.60. The van der Waals surface area contributed by atoms with E-state index in [-0.39, 0.29) is 5.82 Å². The second kappa shape index (κ2) is 6.98. The SMILES string of the molecule is CN(Cc1cc(F)cc(CN)c1)CC1CCCCO1. The molecule has 1 fully saturated rings. The molecule has 2 rings (SSSR count). The molecule has 3 nitrogen and oxygen atoms in total. The Morgan fingerprint density at radius 2 is 2.11 bits per heavy atom. The number of halogens is 1. The fraction of sp³-hybridized carbons (Fsp3) is 0.600. The van der Waals surface area contributed by atoms with E-state index in [1.165, 1.54) is 18.9 Å². The molecule has 1 atom stereocenters. The maximum absolute atomic E-state index is 13.4. The Morgan fingerprint density at radius 3 is 2.79 bits per heavy atom. The van der Waals surface area contributed by atoms with Gasteiger partial charge in [-0.2, -0.15) is 0 Å². The lowest BCUT2D eigenvalue weighted by Crippen LogP contribution is -2.33. The topological polar surface area (TPSA) is 38.5 Å². The van der Waals surface area contributed by atoms with Crippen LogP contribution in [0, 0.1) is 5.82 Å². The molecule has 2 N–H and O–H groups in total. The second-order valence-electron chi connectivity index (χ2n) is 5.36. The van der Waals surface area contributed by atoms with Crippen molar-refractivity contribution in [3.63, 3.8) is 0 Å². The second-order valence-corrected chi connectivity index (χ2v) is 5.36. The summed E-state index contributed by atoms with van der Waals surface area (Å²) >= 11 is 0. The molecule has 1 saturated heterocycles. The molecule has 1 unspecified atom stereocenters. The van der Waals surface area contributed by atoms with Crippen LogP contribution in [-0.4, -0.2) is 31.2 Å². The van der Waals surface area contributed by atoms with Gasteiger partial charge in [0.2, 0.25) is 0 Å². The summed E-state index contributed by atoms with van der Waals surface area (Å²) in [6, 6.07) is 5.05. The normalized spacial score (nSPS) is 19.9. The summed E-state index contributed by atoms with van der Waals surface area (Å²) in [6.45, 7) is 2.87. The smallest absolute Gasteiger partial charge is 0.123 e. The molecule has 1 aliphatic rings. The van der Waals surface area contributed by atoms with Crippen molar-refractivity contribution < 1.29 is 9.13 Å². The molecular formula is C15H23FN2O. The molecule has 1 aliphatic heterocycles. The maximum Gasteiger partial charge on any atom is 0.123 e. The average molecular weight is 266 g/mol. The van der Waals surface area contributed by atoms with Crippen LogP contribution in [0.3, 0.4) is 0 Å². The van der Waals surface area contributed by atoms with Crippen molar-refractivity contribution in [2.24, 2.45) is 5.73 Å². The first-order chi connectivity index (χ1) is 9.17. The highest BCUT2D eigenvalue weighted by Crippen LogP contribution is 2.15. The Labute approximate surface area is 114 Å². The lowest BCUT2D eigenvalue weighted by Gasteiger charge is -2.27. The van der Waals surface area contributed by atoms with E-state index in [4.69, 9.17) is 10.5 Å². The number of hydrogen-bond donors (Lipinski definition) is 1. The molecule has 1 aromatic rings.